The molecule has 2 amide bonds. The number of nitrogens with one attached hydrogen (secondary N) is 1. The molecule has 24 heavy (non-hydrogen) atoms. The second-order valence-electron chi connectivity index (χ2n) is 6.75. The minimum Gasteiger partial charge on any atom is -0.338 e. The lowest BCUT2D eigenvalue weighted by molar-refractivity contribution is -0.138. The van der Waals surface area contributed by atoms with E-state index in [4.69, 9.17) is 0 Å². The Kier molecular flexibility index (Phi) is 6.24. The molecule has 0 saturated carbocycles. The number of benzene rings is 1. The van der Waals surface area contributed by atoms with E-state index >= 15 is 0 Å². The molecule has 5 nitrogen and oxygen atoms in total. The van der Waals surface area contributed by atoms with Gasteiger partial charge in [0.1, 0.15) is 0 Å². The average Bonchev–Trinajstić information content (AvgIpc) is 2.90. The van der Waals surface area contributed by atoms with Gasteiger partial charge in [-0.05, 0) is 19.4 Å². The Morgan fingerprint density at radius 3 is 2.67 bits per heavy atom. The Morgan fingerprint density at radius 1 is 1.29 bits per heavy atom. The maximum absolute atomic E-state index is 12.7. The summed E-state index contributed by atoms with van der Waals surface area (Å²) < 4.78 is 0. The Hall–Kier alpha value is -1.59. The van der Waals surface area contributed by atoms with Crippen LogP contribution in [0.3, 0.4) is 0 Å². The van der Waals surface area contributed by atoms with Gasteiger partial charge in [-0.15, -0.1) is 12.4 Å². The van der Waals surface area contributed by atoms with Gasteiger partial charge in [-0.1, -0.05) is 29.8 Å². The van der Waals surface area contributed by atoms with Crippen molar-refractivity contribution in [2.24, 2.45) is 5.92 Å². The van der Waals surface area contributed by atoms with Crippen LogP contribution in [0.4, 0.5) is 0 Å². The summed E-state index contributed by atoms with van der Waals surface area (Å²) >= 11 is 0. The summed E-state index contributed by atoms with van der Waals surface area (Å²) in [5, 5.41) is 3.29. The minimum atomic E-state index is -0.187. The molecule has 1 aromatic rings. The van der Waals surface area contributed by atoms with Crippen molar-refractivity contribution in [1.29, 1.82) is 0 Å². The van der Waals surface area contributed by atoms with Gasteiger partial charge < -0.3 is 15.1 Å². The lowest BCUT2D eigenvalue weighted by atomic mass is 10.1. The van der Waals surface area contributed by atoms with Gasteiger partial charge in [0.25, 0.3) is 0 Å². The highest BCUT2D eigenvalue weighted by Crippen LogP contribution is 2.23. The van der Waals surface area contributed by atoms with Crippen LogP contribution in [-0.4, -0.2) is 53.8 Å². The minimum absolute atomic E-state index is 0. The smallest absolute Gasteiger partial charge is 0.228 e. The van der Waals surface area contributed by atoms with Crippen LogP contribution >= 0.6 is 12.4 Å². The molecule has 2 aliphatic heterocycles. The van der Waals surface area contributed by atoms with Gasteiger partial charge in [0.05, 0.1) is 5.92 Å². The van der Waals surface area contributed by atoms with Crippen LogP contribution in [0.25, 0.3) is 0 Å². The largest absolute Gasteiger partial charge is 0.338 e. The number of aryl methyl sites for hydroxylation is 1. The molecule has 2 fully saturated rings. The van der Waals surface area contributed by atoms with Gasteiger partial charge in [-0.3, -0.25) is 9.59 Å². The molecule has 6 heteroatoms. The SMILES string of the molecule is Cc1ccc(CN2CC(C(=O)N3CCNCC3C)CC2=O)cc1.Cl. The summed E-state index contributed by atoms with van der Waals surface area (Å²) in [5.74, 6) is 0.0407. The van der Waals surface area contributed by atoms with E-state index < -0.39 is 0 Å². The fourth-order valence-corrected chi connectivity index (χ4v) is 3.41. The summed E-state index contributed by atoms with van der Waals surface area (Å²) in [4.78, 5) is 28.7. The van der Waals surface area contributed by atoms with Gasteiger partial charge in [-0.25, -0.2) is 0 Å². The maximum Gasteiger partial charge on any atom is 0.228 e. The van der Waals surface area contributed by atoms with Gasteiger partial charge in [0.15, 0.2) is 0 Å². The Bertz CT molecular complexity index is 590. The van der Waals surface area contributed by atoms with Crippen LogP contribution in [0.2, 0.25) is 0 Å². The molecule has 132 valence electrons. The summed E-state index contributed by atoms with van der Waals surface area (Å²) in [6.45, 7) is 7.66. The number of amides is 2. The first-order chi connectivity index (χ1) is 11.0. The fourth-order valence-electron chi connectivity index (χ4n) is 3.41. The molecule has 0 aromatic heterocycles. The van der Waals surface area contributed by atoms with Crippen LogP contribution in [0.15, 0.2) is 24.3 Å². The molecular weight excluding hydrogens is 326 g/mol. The number of carbonyl (C=O) groups excluding carboxylic acids is 2. The van der Waals surface area contributed by atoms with Crippen LogP contribution < -0.4 is 5.32 Å². The number of carbonyl (C=O) groups is 2. The number of piperazine rings is 1. The van der Waals surface area contributed by atoms with E-state index in [2.05, 4.69) is 36.5 Å². The Balaban J connectivity index is 0.00000208. The first-order valence-electron chi connectivity index (χ1n) is 8.39. The summed E-state index contributed by atoms with van der Waals surface area (Å²) in [7, 11) is 0. The molecule has 2 unspecified atom stereocenters. The number of nitrogens with zero attached hydrogens (tertiary/aromatic N) is 2. The van der Waals surface area contributed by atoms with Crippen LogP contribution in [0.1, 0.15) is 24.5 Å². The second kappa shape index (κ2) is 7.99. The van der Waals surface area contributed by atoms with Crippen molar-refractivity contribution in [3.05, 3.63) is 35.4 Å². The predicted octanol–water partition coefficient (Wildman–Crippen LogP) is 1.59. The van der Waals surface area contributed by atoms with Crippen molar-refractivity contribution in [2.45, 2.75) is 32.9 Å². The standard InChI is InChI=1S/C18H25N3O2.ClH/c1-13-3-5-15(6-4-13)11-20-12-16(9-17(20)22)18(23)21-8-7-19-10-14(21)2;/h3-6,14,16,19H,7-12H2,1-2H3;1H. The molecule has 0 aliphatic carbocycles. The third kappa shape index (κ3) is 4.08. The van der Waals surface area contributed by atoms with Gasteiger partial charge in [0, 0.05) is 45.2 Å². The molecule has 1 N–H and O–H groups in total. The van der Waals surface area contributed by atoms with E-state index in [1.165, 1.54) is 5.56 Å². The molecule has 0 bridgehead atoms. The highest BCUT2D eigenvalue weighted by molar-refractivity contribution is 5.89. The number of hydrogen-bond donors (Lipinski definition) is 1. The molecule has 2 saturated heterocycles. The first-order valence-corrected chi connectivity index (χ1v) is 8.39. The summed E-state index contributed by atoms with van der Waals surface area (Å²) in [6, 6.07) is 8.42. The van der Waals surface area contributed by atoms with E-state index in [1.807, 2.05) is 16.7 Å². The third-order valence-corrected chi connectivity index (χ3v) is 4.84. The quantitative estimate of drug-likeness (QED) is 0.899. The number of halogens is 1. The van der Waals surface area contributed by atoms with Crippen molar-refractivity contribution in [1.82, 2.24) is 15.1 Å². The number of rotatable bonds is 3. The normalized spacial score (nSPS) is 24.0. The topological polar surface area (TPSA) is 52.7 Å². The van der Waals surface area contributed by atoms with Crippen molar-refractivity contribution < 1.29 is 9.59 Å². The van der Waals surface area contributed by atoms with E-state index in [1.54, 1.807) is 0 Å². The maximum atomic E-state index is 12.7. The monoisotopic (exact) mass is 351 g/mol. The van der Waals surface area contributed by atoms with Gasteiger partial charge in [0.2, 0.25) is 11.8 Å². The fraction of sp³-hybridized carbons (Fsp3) is 0.556. The van der Waals surface area contributed by atoms with E-state index in [-0.39, 0.29) is 36.2 Å². The van der Waals surface area contributed by atoms with E-state index in [0.717, 1.165) is 25.2 Å². The molecular formula is C18H26ClN3O2. The van der Waals surface area contributed by atoms with Crippen LogP contribution in [-0.2, 0) is 16.1 Å². The van der Waals surface area contributed by atoms with Crippen molar-refractivity contribution in [3.63, 3.8) is 0 Å². The third-order valence-electron chi connectivity index (χ3n) is 4.84. The molecule has 1 aromatic carbocycles. The number of hydrogen-bond acceptors (Lipinski definition) is 3. The zero-order valence-electron chi connectivity index (χ0n) is 14.3. The van der Waals surface area contributed by atoms with E-state index in [0.29, 0.717) is 19.5 Å². The van der Waals surface area contributed by atoms with Crippen LogP contribution in [0.5, 0.6) is 0 Å². The number of likely N-dealkylation sites (tertiary alicyclic amines) is 1. The molecule has 2 heterocycles. The lowest BCUT2D eigenvalue weighted by Gasteiger charge is -2.35. The highest BCUT2D eigenvalue weighted by atomic mass is 35.5. The molecule has 2 atom stereocenters. The average molecular weight is 352 g/mol. The van der Waals surface area contributed by atoms with Crippen molar-refractivity contribution in [3.8, 4) is 0 Å². The van der Waals surface area contributed by atoms with Crippen LogP contribution in [0, 0.1) is 12.8 Å². The highest BCUT2D eigenvalue weighted by Gasteiger charge is 2.38. The molecule has 0 spiro atoms. The van der Waals surface area contributed by atoms with Gasteiger partial charge in [-0.2, -0.15) is 0 Å². The summed E-state index contributed by atoms with van der Waals surface area (Å²) in [5.41, 5.74) is 2.33. The summed E-state index contributed by atoms with van der Waals surface area (Å²) in [6.07, 6.45) is 0.349. The zero-order chi connectivity index (χ0) is 16.4. The molecule has 2 aliphatic rings. The molecule has 0 radical (unpaired) electrons. The van der Waals surface area contributed by atoms with E-state index in [9.17, 15) is 9.59 Å². The zero-order valence-corrected chi connectivity index (χ0v) is 15.1. The lowest BCUT2D eigenvalue weighted by Crippen LogP contribution is -2.54. The van der Waals surface area contributed by atoms with Gasteiger partial charge >= 0.3 is 0 Å². The van der Waals surface area contributed by atoms with Crippen molar-refractivity contribution >= 4 is 24.2 Å². The Morgan fingerprint density at radius 2 is 2.00 bits per heavy atom. The Labute approximate surface area is 149 Å². The predicted molar refractivity (Wildman–Crippen MR) is 96.0 cm³/mol. The first kappa shape index (κ1) is 18.7. The second-order valence-corrected chi connectivity index (χ2v) is 6.75. The van der Waals surface area contributed by atoms with Crippen molar-refractivity contribution in [2.75, 3.05) is 26.2 Å². The molecule has 3 rings (SSSR count).